The summed E-state index contributed by atoms with van der Waals surface area (Å²) >= 11 is 10.4. The first-order chi connectivity index (χ1) is 13.9. The topological polar surface area (TPSA) is 88.9 Å². The summed E-state index contributed by atoms with van der Waals surface area (Å²) in [4.78, 5) is 24.3. The third-order valence-corrected chi connectivity index (χ3v) is 5.63. The zero-order chi connectivity index (χ0) is 20.8. The summed E-state index contributed by atoms with van der Waals surface area (Å²) in [5.74, 6) is 0.320. The van der Waals surface area contributed by atoms with Crippen LogP contribution in [0.2, 0.25) is 5.02 Å². The molecule has 7 nitrogen and oxygen atoms in total. The van der Waals surface area contributed by atoms with E-state index in [2.05, 4.69) is 36.8 Å². The van der Waals surface area contributed by atoms with E-state index in [9.17, 15) is 9.59 Å². The number of hydrogen-bond acceptors (Lipinski definition) is 5. The number of halogens is 2. The highest BCUT2D eigenvalue weighted by Gasteiger charge is 2.14. The van der Waals surface area contributed by atoms with Crippen LogP contribution in [0.1, 0.15) is 5.82 Å². The van der Waals surface area contributed by atoms with Gasteiger partial charge in [-0.2, -0.15) is 0 Å². The largest absolute Gasteiger partial charge is 0.326 e. The standard InChI is InChI=1S/C19H17BrClN5O2S/c1-26-16(10-17(27)22-15-8-4-13(21)5-9-15)24-25-19(26)29-11-18(28)23-14-6-2-12(20)3-7-14/h2-9H,10-11H2,1H3,(H,22,27)(H,23,28). The Kier molecular flexibility index (Phi) is 7.29. The van der Waals surface area contributed by atoms with Crippen molar-refractivity contribution >= 4 is 62.5 Å². The molecule has 2 N–H and O–H groups in total. The monoisotopic (exact) mass is 493 g/mol. The van der Waals surface area contributed by atoms with Gasteiger partial charge >= 0.3 is 0 Å². The van der Waals surface area contributed by atoms with Gasteiger partial charge in [-0.25, -0.2) is 0 Å². The minimum atomic E-state index is -0.215. The molecule has 0 aliphatic rings. The Hall–Kier alpha value is -2.36. The quantitative estimate of drug-likeness (QED) is 0.482. The van der Waals surface area contributed by atoms with Crippen molar-refractivity contribution in [1.29, 1.82) is 0 Å². The molecule has 0 atom stereocenters. The molecule has 3 aromatic rings. The number of thioether (sulfide) groups is 1. The number of nitrogens with one attached hydrogen (secondary N) is 2. The average Bonchev–Trinajstić information content (AvgIpc) is 3.03. The molecule has 0 aliphatic heterocycles. The van der Waals surface area contributed by atoms with Crippen LogP contribution in [0, 0.1) is 0 Å². The molecular weight excluding hydrogens is 478 g/mol. The number of benzene rings is 2. The zero-order valence-electron chi connectivity index (χ0n) is 15.4. The fourth-order valence-electron chi connectivity index (χ4n) is 2.37. The SMILES string of the molecule is Cn1c(CC(=O)Nc2ccc(Cl)cc2)nnc1SCC(=O)Nc1ccc(Br)cc1. The smallest absolute Gasteiger partial charge is 0.234 e. The first-order valence-corrected chi connectivity index (χ1v) is 10.7. The first-order valence-electron chi connectivity index (χ1n) is 8.52. The summed E-state index contributed by atoms with van der Waals surface area (Å²) < 4.78 is 2.65. The molecule has 1 heterocycles. The predicted octanol–water partition coefficient (Wildman–Crippen LogP) is 4.14. The number of nitrogens with zero attached hydrogens (tertiary/aromatic N) is 3. The lowest BCUT2D eigenvalue weighted by atomic mass is 10.3. The van der Waals surface area contributed by atoms with Crippen LogP contribution in [0.5, 0.6) is 0 Å². The van der Waals surface area contributed by atoms with E-state index in [1.54, 1.807) is 35.9 Å². The van der Waals surface area contributed by atoms with Gasteiger partial charge in [-0.05, 0) is 48.5 Å². The lowest BCUT2D eigenvalue weighted by molar-refractivity contribution is -0.116. The van der Waals surface area contributed by atoms with E-state index in [1.165, 1.54) is 11.8 Å². The summed E-state index contributed by atoms with van der Waals surface area (Å²) in [5.41, 5.74) is 1.37. The molecule has 0 bridgehead atoms. The van der Waals surface area contributed by atoms with Crippen LogP contribution in [-0.2, 0) is 23.1 Å². The third kappa shape index (κ3) is 6.31. The van der Waals surface area contributed by atoms with Crippen molar-refractivity contribution in [3.05, 3.63) is 63.9 Å². The maximum Gasteiger partial charge on any atom is 0.234 e. The van der Waals surface area contributed by atoms with Gasteiger partial charge in [-0.3, -0.25) is 9.59 Å². The molecule has 0 radical (unpaired) electrons. The van der Waals surface area contributed by atoms with E-state index in [0.717, 1.165) is 10.2 Å². The molecule has 2 aromatic carbocycles. The van der Waals surface area contributed by atoms with Crippen LogP contribution in [-0.4, -0.2) is 32.3 Å². The van der Waals surface area contributed by atoms with Crippen molar-refractivity contribution < 1.29 is 9.59 Å². The van der Waals surface area contributed by atoms with Crippen molar-refractivity contribution in [2.45, 2.75) is 11.6 Å². The van der Waals surface area contributed by atoms with Crippen molar-refractivity contribution in [2.75, 3.05) is 16.4 Å². The molecule has 0 saturated heterocycles. The Morgan fingerprint density at radius 1 is 1.00 bits per heavy atom. The van der Waals surface area contributed by atoms with Gasteiger partial charge in [0, 0.05) is 27.9 Å². The molecule has 0 spiro atoms. The predicted molar refractivity (Wildman–Crippen MR) is 118 cm³/mol. The molecule has 10 heteroatoms. The van der Waals surface area contributed by atoms with Crippen molar-refractivity contribution in [1.82, 2.24) is 14.8 Å². The fraction of sp³-hybridized carbons (Fsp3) is 0.158. The summed E-state index contributed by atoms with van der Waals surface area (Å²) in [5, 5.41) is 14.9. The molecule has 150 valence electrons. The first kappa shape index (κ1) is 21.4. The van der Waals surface area contributed by atoms with Gasteiger partial charge < -0.3 is 15.2 Å². The van der Waals surface area contributed by atoms with Gasteiger partial charge in [0.15, 0.2) is 5.16 Å². The second kappa shape index (κ2) is 9.91. The molecular formula is C19H17BrClN5O2S. The lowest BCUT2D eigenvalue weighted by Crippen LogP contribution is -2.17. The Labute approximate surface area is 185 Å². The molecule has 3 rings (SSSR count). The number of amides is 2. The normalized spacial score (nSPS) is 10.6. The van der Waals surface area contributed by atoms with Crippen molar-refractivity contribution in [3.8, 4) is 0 Å². The van der Waals surface area contributed by atoms with Crippen LogP contribution in [0.25, 0.3) is 0 Å². The molecule has 29 heavy (non-hydrogen) atoms. The molecule has 0 unspecified atom stereocenters. The van der Waals surface area contributed by atoms with E-state index < -0.39 is 0 Å². The van der Waals surface area contributed by atoms with Crippen molar-refractivity contribution in [2.24, 2.45) is 7.05 Å². The summed E-state index contributed by atoms with van der Waals surface area (Å²) in [6, 6.07) is 14.2. The molecule has 0 saturated carbocycles. The van der Waals surface area contributed by atoms with Crippen molar-refractivity contribution in [3.63, 3.8) is 0 Å². The van der Waals surface area contributed by atoms with Crippen LogP contribution in [0.15, 0.2) is 58.2 Å². The van der Waals surface area contributed by atoms with Crippen LogP contribution < -0.4 is 10.6 Å². The van der Waals surface area contributed by atoms with Gasteiger partial charge in [0.1, 0.15) is 5.82 Å². The Morgan fingerprint density at radius 2 is 1.59 bits per heavy atom. The van der Waals surface area contributed by atoms with E-state index in [-0.39, 0.29) is 24.0 Å². The number of carbonyl (C=O) groups excluding carboxylic acids is 2. The number of rotatable bonds is 7. The summed E-state index contributed by atoms with van der Waals surface area (Å²) in [7, 11) is 1.76. The second-order valence-electron chi connectivity index (χ2n) is 6.03. The van der Waals surface area contributed by atoms with Gasteiger partial charge in [0.05, 0.1) is 12.2 Å². The van der Waals surface area contributed by atoms with Gasteiger partial charge in [0.25, 0.3) is 0 Å². The highest BCUT2D eigenvalue weighted by atomic mass is 79.9. The van der Waals surface area contributed by atoms with E-state index in [4.69, 9.17) is 11.6 Å². The number of anilines is 2. The van der Waals surface area contributed by atoms with Gasteiger partial charge in [-0.1, -0.05) is 39.3 Å². The Morgan fingerprint density at radius 3 is 2.24 bits per heavy atom. The van der Waals surface area contributed by atoms with E-state index in [1.807, 2.05) is 24.3 Å². The average molecular weight is 495 g/mol. The van der Waals surface area contributed by atoms with Gasteiger partial charge in [0.2, 0.25) is 11.8 Å². The summed E-state index contributed by atoms with van der Waals surface area (Å²) in [6.45, 7) is 0. The second-order valence-corrected chi connectivity index (χ2v) is 8.33. The lowest BCUT2D eigenvalue weighted by Gasteiger charge is -2.07. The zero-order valence-corrected chi connectivity index (χ0v) is 18.5. The minimum Gasteiger partial charge on any atom is -0.326 e. The molecule has 0 fully saturated rings. The third-order valence-electron chi connectivity index (χ3n) is 3.83. The maximum atomic E-state index is 12.2. The minimum absolute atomic E-state index is 0.0672. The van der Waals surface area contributed by atoms with Crippen LogP contribution in [0.3, 0.4) is 0 Å². The highest BCUT2D eigenvalue weighted by Crippen LogP contribution is 2.18. The molecule has 0 aliphatic carbocycles. The fourth-order valence-corrected chi connectivity index (χ4v) is 3.49. The number of hydrogen-bond donors (Lipinski definition) is 2. The van der Waals surface area contributed by atoms with E-state index in [0.29, 0.717) is 21.7 Å². The van der Waals surface area contributed by atoms with Crippen LogP contribution in [0.4, 0.5) is 11.4 Å². The maximum absolute atomic E-state index is 12.2. The molecule has 2 amide bonds. The Balaban J connectivity index is 1.51. The Bertz CT molecular complexity index is 1010. The summed E-state index contributed by atoms with van der Waals surface area (Å²) in [6.07, 6.45) is 0.0672. The molecule has 1 aromatic heterocycles. The number of aromatic nitrogens is 3. The van der Waals surface area contributed by atoms with Gasteiger partial charge in [-0.15, -0.1) is 10.2 Å². The highest BCUT2D eigenvalue weighted by molar-refractivity contribution is 9.10. The number of carbonyl (C=O) groups is 2. The van der Waals surface area contributed by atoms with E-state index >= 15 is 0 Å². The van der Waals surface area contributed by atoms with Crippen LogP contribution >= 0.6 is 39.3 Å².